The van der Waals surface area contributed by atoms with Crippen LogP contribution in [0.15, 0.2) is 42.6 Å². The fourth-order valence-electron chi connectivity index (χ4n) is 2.09. The van der Waals surface area contributed by atoms with Crippen LogP contribution in [0.25, 0.3) is 16.9 Å². The molecule has 0 bridgehead atoms. The fourth-order valence-corrected chi connectivity index (χ4v) is 2.09. The first-order valence-electron chi connectivity index (χ1n) is 5.89. The summed E-state index contributed by atoms with van der Waals surface area (Å²) in [5.41, 5.74) is 10.7. The monoisotopic (exact) mass is 238 g/mol. The number of hydrogen-bond acceptors (Lipinski definition) is 3. The Morgan fingerprint density at radius 1 is 1.17 bits per heavy atom. The third kappa shape index (κ3) is 1.67. The quantitative estimate of drug-likeness (QED) is 0.744. The Kier molecular flexibility index (Phi) is 2.57. The van der Waals surface area contributed by atoms with Crippen LogP contribution < -0.4 is 5.73 Å². The molecule has 0 amide bonds. The Labute approximate surface area is 105 Å². The molecular weight excluding hydrogens is 224 g/mol. The van der Waals surface area contributed by atoms with Gasteiger partial charge in [0.25, 0.3) is 0 Å². The van der Waals surface area contributed by atoms with Gasteiger partial charge in [-0.15, -0.1) is 5.10 Å². The molecule has 3 aromatic heterocycles. The Morgan fingerprint density at radius 3 is 2.89 bits per heavy atom. The van der Waals surface area contributed by atoms with Crippen LogP contribution in [0.2, 0.25) is 0 Å². The Morgan fingerprint density at radius 2 is 2.06 bits per heavy atom. The van der Waals surface area contributed by atoms with Crippen molar-refractivity contribution in [1.29, 1.82) is 0 Å². The van der Waals surface area contributed by atoms with Crippen molar-refractivity contribution in [3.63, 3.8) is 0 Å². The lowest BCUT2D eigenvalue weighted by atomic mass is 10.2. The van der Waals surface area contributed by atoms with E-state index in [1.165, 1.54) is 0 Å². The van der Waals surface area contributed by atoms with Crippen molar-refractivity contribution in [2.75, 3.05) is 0 Å². The zero-order valence-electron chi connectivity index (χ0n) is 10.2. The van der Waals surface area contributed by atoms with E-state index in [-0.39, 0.29) is 0 Å². The maximum Gasteiger partial charge on any atom is 0.110 e. The molecule has 4 heteroatoms. The van der Waals surface area contributed by atoms with Crippen LogP contribution in [0, 0.1) is 6.92 Å². The van der Waals surface area contributed by atoms with Gasteiger partial charge in [0.15, 0.2) is 0 Å². The normalized spacial score (nSPS) is 11.0. The van der Waals surface area contributed by atoms with E-state index in [1.54, 1.807) is 0 Å². The molecule has 90 valence electrons. The fraction of sp³-hybridized carbons (Fsp3) is 0.143. The average Bonchev–Trinajstić information content (AvgIpc) is 2.83. The molecule has 0 spiro atoms. The van der Waals surface area contributed by atoms with Gasteiger partial charge in [0.2, 0.25) is 0 Å². The summed E-state index contributed by atoms with van der Waals surface area (Å²) in [5, 5.41) is 8.42. The standard InChI is InChI=1S/C14H14N4/c1-10-11(9-15)8-13(17-16-10)14-6-5-12-4-2-3-7-18(12)14/h2-8H,9,15H2,1H3. The molecule has 0 aromatic carbocycles. The van der Waals surface area contributed by atoms with E-state index in [2.05, 4.69) is 32.8 Å². The molecule has 0 aliphatic rings. The van der Waals surface area contributed by atoms with Crippen LogP contribution >= 0.6 is 0 Å². The molecule has 0 fully saturated rings. The van der Waals surface area contributed by atoms with E-state index < -0.39 is 0 Å². The number of pyridine rings is 1. The molecule has 0 aliphatic heterocycles. The largest absolute Gasteiger partial charge is 0.326 e. The first-order chi connectivity index (χ1) is 8.79. The van der Waals surface area contributed by atoms with E-state index in [0.29, 0.717) is 6.54 Å². The lowest BCUT2D eigenvalue weighted by Gasteiger charge is -2.05. The minimum atomic E-state index is 0.484. The van der Waals surface area contributed by atoms with E-state index in [4.69, 9.17) is 5.73 Å². The third-order valence-corrected chi connectivity index (χ3v) is 3.13. The molecule has 4 nitrogen and oxygen atoms in total. The zero-order chi connectivity index (χ0) is 12.5. The molecule has 18 heavy (non-hydrogen) atoms. The topological polar surface area (TPSA) is 56.2 Å². The Balaban J connectivity index is 2.20. The van der Waals surface area contributed by atoms with Crippen LogP contribution in [-0.2, 0) is 6.54 Å². The van der Waals surface area contributed by atoms with Gasteiger partial charge in [-0.3, -0.25) is 0 Å². The lowest BCUT2D eigenvalue weighted by molar-refractivity contribution is 0.919. The van der Waals surface area contributed by atoms with Crippen molar-refractivity contribution in [3.05, 3.63) is 53.9 Å². The second-order valence-corrected chi connectivity index (χ2v) is 4.26. The summed E-state index contributed by atoms with van der Waals surface area (Å²) < 4.78 is 2.10. The summed E-state index contributed by atoms with van der Waals surface area (Å²) in [5.74, 6) is 0. The number of aromatic nitrogens is 3. The highest BCUT2D eigenvalue weighted by Gasteiger charge is 2.08. The van der Waals surface area contributed by atoms with Crippen molar-refractivity contribution >= 4 is 5.52 Å². The van der Waals surface area contributed by atoms with Gasteiger partial charge in [0.1, 0.15) is 5.69 Å². The van der Waals surface area contributed by atoms with Gasteiger partial charge in [0, 0.05) is 18.3 Å². The van der Waals surface area contributed by atoms with Crippen LogP contribution in [-0.4, -0.2) is 14.6 Å². The van der Waals surface area contributed by atoms with Gasteiger partial charge < -0.3 is 10.1 Å². The van der Waals surface area contributed by atoms with Gasteiger partial charge >= 0.3 is 0 Å². The van der Waals surface area contributed by atoms with Gasteiger partial charge in [0.05, 0.1) is 11.4 Å². The van der Waals surface area contributed by atoms with Gasteiger partial charge in [-0.25, -0.2) is 0 Å². The number of aryl methyl sites for hydroxylation is 1. The number of fused-ring (bicyclic) bond motifs is 1. The first-order valence-corrected chi connectivity index (χ1v) is 5.89. The summed E-state index contributed by atoms with van der Waals surface area (Å²) in [4.78, 5) is 0. The van der Waals surface area contributed by atoms with E-state index in [9.17, 15) is 0 Å². The molecular formula is C14H14N4. The molecule has 0 saturated heterocycles. The third-order valence-electron chi connectivity index (χ3n) is 3.13. The average molecular weight is 238 g/mol. The number of nitrogens with two attached hydrogens (primary N) is 1. The zero-order valence-corrected chi connectivity index (χ0v) is 10.2. The molecule has 0 aliphatic carbocycles. The highest BCUT2D eigenvalue weighted by Crippen LogP contribution is 2.21. The minimum absolute atomic E-state index is 0.484. The summed E-state index contributed by atoms with van der Waals surface area (Å²) in [6.07, 6.45) is 2.02. The molecule has 0 atom stereocenters. The predicted octanol–water partition coefficient (Wildman–Crippen LogP) is 2.16. The number of hydrogen-bond donors (Lipinski definition) is 1. The molecule has 0 unspecified atom stereocenters. The highest BCUT2D eigenvalue weighted by molar-refractivity contribution is 5.64. The van der Waals surface area contributed by atoms with Crippen molar-refractivity contribution in [2.45, 2.75) is 13.5 Å². The molecule has 2 N–H and O–H groups in total. The summed E-state index contributed by atoms with van der Waals surface area (Å²) in [7, 11) is 0. The molecule has 0 radical (unpaired) electrons. The van der Waals surface area contributed by atoms with Gasteiger partial charge in [-0.2, -0.15) is 5.10 Å². The smallest absolute Gasteiger partial charge is 0.110 e. The summed E-state index contributed by atoms with van der Waals surface area (Å²) >= 11 is 0. The van der Waals surface area contributed by atoms with Crippen molar-refractivity contribution in [3.8, 4) is 11.4 Å². The Bertz CT molecular complexity index is 700. The maximum atomic E-state index is 5.71. The van der Waals surface area contributed by atoms with E-state index in [0.717, 1.165) is 28.2 Å². The molecule has 3 aromatic rings. The maximum absolute atomic E-state index is 5.71. The van der Waals surface area contributed by atoms with E-state index >= 15 is 0 Å². The number of nitrogens with zero attached hydrogens (tertiary/aromatic N) is 3. The van der Waals surface area contributed by atoms with Crippen LogP contribution in [0.1, 0.15) is 11.3 Å². The van der Waals surface area contributed by atoms with E-state index in [1.807, 2.05) is 31.3 Å². The number of rotatable bonds is 2. The lowest BCUT2D eigenvalue weighted by Crippen LogP contribution is -2.04. The minimum Gasteiger partial charge on any atom is -0.326 e. The molecule has 3 rings (SSSR count). The predicted molar refractivity (Wildman–Crippen MR) is 71.1 cm³/mol. The van der Waals surface area contributed by atoms with Crippen molar-refractivity contribution < 1.29 is 0 Å². The highest BCUT2D eigenvalue weighted by atomic mass is 15.1. The van der Waals surface area contributed by atoms with Crippen LogP contribution in [0.3, 0.4) is 0 Å². The second-order valence-electron chi connectivity index (χ2n) is 4.26. The van der Waals surface area contributed by atoms with Gasteiger partial charge in [-0.1, -0.05) is 6.07 Å². The van der Waals surface area contributed by atoms with Crippen molar-refractivity contribution in [2.24, 2.45) is 5.73 Å². The second kappa shape index (κ2) is 4.23. The summed E-state index contributed by atoms with van der Waals surface area (Å²) in [6, 6.07) is 12.2. The van der Waals surface area contributed by atoms with Gasteiger partial charge in [-0.05, 0) is 42.8 Å². The molecule has 0 saturated carbocycles. The van der Waals surface area contributed by atoms with Crippen molar-refractivity contribution in [1.82, 2.24) is 14.6 Å². The summed E-state index contributed by atoms with van der Waals surface area (Å²) in [6.45, 7) is 2.41. The Hall–Kier alpha value is -2.20. The first kappa shape index (κ1) is 10.9. The van der Waals surface area contributed by atoms with Crippen LogP contribution in [0.4, 0.5) is 0 Å². The molecule has 3 heterocycles. The van der Waals surface area contributed by atoms with Crippen LogP contribution in [0.5, 0.6) is 0 Å². The SMILES string of the molecule is Cc1nnc(-c2ccc3ccccn23)cc1CN.